The van der Waals surface area contributed by atoms with Crippen LogP contribution in [-0.2, 0) is 38.1 Å². The molecule has 0 aliphatic carbocycles. The molecule has 1 saturated heterocycles. The molecule has 29 heavy (non-hydrogen) atoms. The summed E-state index contributed by atoms with van der Waals surface area (Å²) in [7, 11) is 0. The maximum atomic E-state index is 12.0. The third-order valence-corrected chi connectivity index (χ3v) is 3.70. The molecule has 11 nitrogen and oxygen atoms in total. The summed E-state index contributed by atoms with van der Waals surface area (Å²) in [6, 6.07) is -1.43. The summed E-state index contributed by atoms with van der Waals surface area (Å²) in [5.41, 5.74) is 0. The molecule has 1 aliphatic heterocycles. The van der Waals surface area contributed by atoms with Crippen LogP contribution in [0.2, 0.25) is 0 Å². The summed E-state index contributed by atoms with van der Waals surface area (Å²) < 4.78 is 23.2. The maximum Gasteiger partial charge on any atom is 0.407 e. The van der Waals surface area contributed by atoms with Crippen molar-refractivity contribution in [2.24, 2.45) is 0 Å². The van der Waals surface area contributed by atoms with E-state index in [1.54, 1.807) is 0 Å². The van der Waals surface area contributed by atoms with Gasteiger partial charge in [0.25, 0.3) is 0 Å². The Morgan fingerprint density at radius 1 is 0.966 bits per heavy atom. The van der Waals surface area contributed by atoms with Crippen LogP contribution in [0.1, 0.15) is 20.8 Å². The van der Waals surface area contributed by atoms with Gasteiger partial charge in [-0.25, -0.2) is 4.79 Å². The van der Waals surface area contributed by atoms with E-state index in [4.69, 9.17) is 58.5 Å². The van der Waals surface area contributed by atoms with E-state index in [2.05, 4.69) is 5.32 Å². The number of alkyl carbamates (subject to hydrolysis) is 1. The number of aliphatic hydroxyl groups excluding tert-OH is 1. The fourth-order valence-corrected chi connectivity index (χ4v) is 2.56. The van der Waals surface area contributed by atoms with Crippen molar-refractivity contribution in [3.8, 4) is 0 Å². The zero-order chi connectivity index (χ0) is 22.4. The van der Waals surface area contributed by atoms with E-state index in [0.717, 1.165) is 20.8 Å². The Balaban J connectivity index is 3.06. The molecule has 3 unspecified atom stereocenters. The highest BCUT2D eigenvalue weighted by Crippen LogP contribution is 2.27. The Bertz CT molecular complexity index is 626. The molecule has 1 rings (SSSR count). The lowest BCUT2D eigenvalue weighted by molar-refractivity contribution is -0.264. The van der Waals surface area contributed by atoms with Gasteiger partial charge < -0.3 is 34.1 Å². The normalized spacial score (nSPS) is 26.8. The summed E-state index contributed by atoms with van der Waals surface area (Å²) in [4.78, 5) is 46.1. The van der Waals surface area contributed by atoms with Gasteiger partial charge in [-0.2, -0.15) is 0 Å². The first kappa shape index (κ1) is 25.5. The van der Waals surface area contributed by atoms with Gasteiger partial charge in [-0.15, -0.1) is 0 Å². The number of rotatable bonds is 6. The molecule has 0 spiro atoms. The number of ether oxygens (including phenoxy) is 5. The highest BCUT2D eigenvalue weighted by molar-refractivity contribution is 6.67. The lowest BCUT2D eigenvalue weighted by Crippen LogP contribution is -2.66. The van der Waals surface area contributed by atoms with Gasteiger partial charge in [0.1, 0.15) is 25.4 Å². The maximum absolute atomic E-state index is 12.0. The minimum Gasteiger partial charge on any atom is -0.463 e. The van der Waals surface area contributed by atoms with Crippen LogP contribution in [0.5, 0.6) is 0 Å². The van der Waals surface area contributed by atoms with Gasteiger partial charge >= 0.3 is 24.0 Å². The molecule has 0 saturated carbocycles. The van der Waals surface area contributed by atoms with Crippen LogP contribution in [0.4, 0.5) is 4.79 Å². The standard InChI is InChI=1S/C15H20Cl3NO10/c1-6(20)25-4-9-11(27-7(2)21)12(28-8(3)22)10(13(23)29-9)19-14(24)26-5-15(16,17)18/h9-13,23H,4-5H2,1-3H3,(H,19,24)/t9?,10?,11-,12?,13-/m1/s1. The molecule has 166 valence electrons. The Hall–Kier alpha value is -1.53. The molecule has 1 amide bonds. The number of amides is 1. The number of carbonyl (C=O) groups is 4. The number of carbonyl (C=O) groups excluding carboxylic acids is 4. The number of alkyl halides is 3. The Morgan fingerprint density at radius 3 is 2.00 bits per heavy atom. The van der Waals surface area contributed by atoms with Crippen LogP contribution in [-0.4, -0.2) is 76.8 Å². The minimum atomic E-state index is -1.89. The monoisotopic (exact) mass is 479 g/mol. The highest BCUT2D eigenvalue weighted by atomic mass is 35.6. The van der Waals surface area contributed by atoms with Crippen LogP contribution in [0.3, 0.4) is 0 Å². The molecule has 1 heterocycles. The van der Waals surface area contributed by atoms with Gasteiger partial charge in [0.2, 0.25) is 3.79 Å². The molecule has 0 aromatic rings. The molecule has 0 radical (unpaired) electrons. The fourth-order valence-electron chi connectivity index (χ4n) is 2.40. The lowest BCUT2D eigenvalue weighted by Gasteiger charge is -2.43. The summed E-state index contributed by atoms with van der Waals surface area (Å²) in [5, 5.41) is 12.5. The van der Waals surface area contributed by atoms with Crippen LogP contribution < -0.4 is 5.32 Å². The van der Waals surface area contributed by atoms with Crippen LogP contribution >= 0.6 is 34.8 Å². The van der Waals surface area contributed by atoms with Gasteiger partial charge in [0.05, 0.1) is 0 Å². The van der Waals surface area contributed by atoms with E-state index in [0.29, 0.717) is 0 Å². The van der Waals surface area contributed by atoms with Crippen molar-refractivity contribution < 1.29 is 48.0 Å². The second-order valence-electron chi connectivity index (χ2n) is 5.88. The van der Waals surface area contributed by atoms with Gasteiger partial charge in [-0.1, -0.05) is 34.8 Å². The van der Waals surface area contributed by atoms with Gasteiger partial charge in [-0.05, 0) is 0 Å². The Morgan fingerprint density at radius 2 is 1.52 bits per heavy atom. The Labute approximate surface area is 180 Å². The number of esters is 3. The second kappa shape index (κ2) is 11.0. The van der Waals surface area contributed by atoms with E-state index >= 15 is 0 Å². The molecule has 5 atom stereocenters. The first-order valence-corrected chi connectivity index (χ1v) is 9.25. The number of aliphatic hydroxyl groups is 1. The third-order valence-electron chi connectivity index (χ3n) is 3.37. The Kier molecular flexibility index (Phi) is 9.69. The van der Waals surface area contributed by atoms with Crippen LogP contribution in [0.15, 0.2) is 0 Å². The fraction of sp³-hybridized carbons (Fsp3) is 0.733. The van der Waals surface area contributed by atoms with Gasteiger partial charge in [0.15, 0.2) is 18.5 Å². The van der Waals surface area contributed by atoms with Crippen molar-refractivity contribution in [2.45, 2.75) is 55.2 Å². The van der Waals surface area contributed by atoms with Crippen molar-refractivity contribution in [3.63, 3.8) is 0 Å². The molecular weight excluding hydrogens is 461 g/mol. The first-order chi connectivity index (χ1) is 13.3. The molecule has 14 heteroatoms. The van der Waals surface area contributed by atoms with Crippen LogP contribution in [0.25, 0.3) is 0 Å². The average molecular weight is 481 g/mol. The number of nitrogens with one attached hydrogen (secondary N) is 1. The van der Waals surface area contributed by atoms with Crippen LogP contribution in [0, 0.1) is 0 Å². The summed E-state index contributed by atoms with van der Waals surface area (Å²) in [6.07, 6.45) is -6.84. The largest absolute Gasteiger partial charge is 0.463 e. The highest BCUT2D eigenvalue weighted by Gasteiger charge is 2.50. The molecule has 0 bridgehead atoms. The van der Waals surface area contributed by atoms with Crippen molar-refractivity contribution in [1.29, 1.82) is 0 Å². The summed E-state index contributed by atoms with van der Waals surface area (Å²) in [6.45, 7) is 2.23. The number of hydrogen-bond donors (Lipinski definition) is 2. The van der Waals surface area contributed by atoms with Crippen molar-refractivity contribution in [1.82, 2.24) is 5.32 Å². The molecule has 1 fully saturated rings. The second-order valence-corrected chi connectivity index (χ2v) is 8.39. The molecular formula is C15H20Cl3NO10. The summed E-state index contributed by atoms with van der Waals surface area (Å²) in [5.74, 6) is -2.25. The van der Waals surface area contributed by atoms with Crippen molar-refractivity contribution >= 4 is 58.8 Å². The lowest BCUT2D eigenvalue weighted by atomic mass is 9.96. The van der Waals surface area contributed by atoms with E-state index in [1.807, 2.05) is 0 Å². The molecule has 2 N–H and O–H groups in total. The third kappa shape index (κ3) is 9.22. The van der Waals surface area contributed by atoms with Gasteiger partial charge in [0, 0.05) is 20.8 Å². The zero-order valence-corrected chi connectivity index (χ0v) is 17.8. The van der Waals surface area contributed by atoms with E-state index in [-0.39, 0.29) is 0 Å². The quantitative estimate of drug-likeness (QED) is 0.314. The van der Waals surface area contributed by atoms with Gasteiger partial charge in [-0.3, -0.25) is 14.4 Å². The molecule has 0 aromatic carbocycles. The topological polar surface area (TPSA) is 147 Å². The van der Waals surface area contributed by atoms with Crippen molar-refractivity contribution in [3.05, 3.63) is 0 Å². The van der Waals surface area contributed by atoms with E-state index in [1.165, 1.54) is 0 Å². The molecule has 1 aliphatic rings. The first-order valence-electron chi connectivity index (χ1n) is 8.11. The summed E-state index contributed by atoms with van der Waals surface area (Å²) >= 11 is 16.5. The minimum absolute atomic E-state index is 0.424. The smallest absolute Gasteiger partial charge is 0.407 e. The van der Waals surface area contributed by atoms with E-state index in [9.17, 15) is 24.3 Å². The SMILES string of the molecule is CC(=O)OCC1O[C@@H](O)C(NC(=O)OCC(Cl)(Cl)Cl)C(OC(C)=O)[C@@H]1OC(C)=O. The number of hydrogen-bond acceptors (Lipinski definition) is 10. The average Bonchev–Trinajstić information content (AvgIpc) is 2.55. The molecule has 0 aromatic heterocycles. The predicted molar refractivity (Wildman–Crippen MR) is 97.2 cm³/mol. The predicted octanol–water partition coefficient (Wildman–Crippen LogP) is 0.595. The zero-order valence-electron chi connectivity index (χ0n) is 15.6. The van der Waals surface area contributed by atoms with E-state index < -0.39 is 71.7 Å². The number of halogens is 3. The van der Waals surface area contributed by atoms with Crippen molar-refractivity contribution in [2.75, 3.05) is 13.2 Å².